The number of aromatic nitrogens is 10. The standard InChI is InChI=1S/C56H50N10O8S4/c1-3-17-57-41(7-1)43-9-5-11-45(63-43)53-59-37(33-75-53)29-71-31-39-35-77-55(61-39)47-13-15-49-51(65-47)52-50(74-28-26-70-24-22-68-20-19-67-21-23-69-25-27-73-49)16-14-48(66-52)56-62-40(36-78-56)32-72-30-38-34-76-54(60-38)46-12-6-10-44(64-46)42-8-2-4-18-58-42/h1-18,33-36H,19-32H2. The molecule has 10 aromatic rings. The molecule has 0 aromatic carbocycles. The highest BCUT2D eigenvalue weighted by Crippen LogP contribution is 2.39. The van der Waals surface area contributed by atoms with E-state index < -0.39 is 0 Å². The summed E-state index contributed by atoms with van der Waals surface area (Å²) < 4.78 is 48.1. The highest BCUT2D eigenvalue weighted by molar-refractivity contribution is 7.14. The molecular formula is C56H50N10O8S4. The van der Waals surface area contributed by atoms with E-state index in [1.54, 1.807) is 12.4 Å². The molecule has 0 N–H and O–H groups in total. The van der Waals surface area contributed by atoms with Gasteiger partial charge in [0.2, 0.25) is 0 Å². The predicted molar refractivity (Wildman–Crippen MR) is 298 cm³/mol. The van der Waals surface area contributed by atoms with Crippen LogP contribution < -0.4 is 9.47 Å². The summed E-state index contributed by atoms with van der Waals surface area (Å²) in [6.07, 6.45) is 3.52. The Morgan fingerprint density at radius 1 is 0.321 bits per heavy atom. The second-order valence-corrected chi connectivity index (χ2v) is 20.5. The molecule has 22 heteroatoms. The summed E-state index contributed by atoms with van der Waals surface area (Å²) >= 11 is 5.98. The molecule has 0 unspecified atom stereocenters. The second-order valence-electron chi connectivity index (χ2n) is 17.0. The topological polar surface area (TPSA) is 203 Å². The highest BCUT2D eigenvalue weighted by atomic mass is 32.1. The third kappa shape index (κ3) is 14.1. The summed E-state index contributed by atoms with van der Waals surface area (Å²) in [6, 6.07) is 30.8. The lowest BCUT2D eigenvalue weighted by Gasteiger charge is -2.16. The zero-order chi connectivity index (χ0) is 52.6. The van der Waals surface area contributed by atoms with E-state index in [1.165, 1.54) is 45.3 Å². The molecule has 1 aliphatic rings. The quantitative estimate of drug-likeness (QED) is 0.0993. The van der Waals surface area contributed by atoms with E-state index in [2.05, 4.69) is 9.97 Å². The summed E-state index contributed by atoms with van der Waals surface area (Å²) in [5.74, 6) is 0.986. The summed E-state index contributed by atoms with van der Waals surface area (Å²) in [7, 11) is 0. The Bertz CT molecular complexity index is 3280. The van der Waals surface area contributed by atoms with Gasteiger partial charge in [-0.3, -0.25) is 9.97 Å². The molecular weight excluding hydrogens is 1070 g/mol. The molecule has 0 spiro atoms. The summed E-state index contributed by atoms with van der Waals surface area (Å²) in [6.45, 7) is 4.95. The number of hydrogen-bond acceptors (Lipinski definition) is 22. The van der Waals surface area contributed by atoms with Crippen LogP contribution in [0.25, 0.3) is 77.0 Å². The number of thiazole rings is 4. The molecule has 18 nitrogen and oxygen atoms in total. The lowest BCUT2D eigenvalue weighted by molar-refractivity contribution is -0.00707. The van der Waals surface area contributed by atoms with Gasteiger partial charge < -0.3 is 37.9 Å². The fourth-order valence-corrected chi connectivity index (χ4v) is 10.9. The van der Waals surface area contributed by atoms with Crippen LogP contribution in [0.15, 0.2) is 131 Å². The van der Waals surface area contributed by atoms with Crippen molar-refractivity contribution in [3.05, 3.63) is 154 Å². The van der Waals surface area contributed by atoms with Crippen LogP contribution in [-0.2, 0) is 54.8 Å². The van der Waals surface area contributed by atoms with Gasteiger partial charge in [0.1, 0.15) is 56.1 Å². The summed E-state index contributed by atoms with van der Waals surface area (Å²) in [5.41, 5.74) is 10.1. The van der Waals surface area contributed by atoms with Crippen LogP contribution in [0.1, 0.15) is 22.8 Å². The molecule has 10 aromatic heterocycles. The van der Waals surface area contributed by atoms with Crippen molar-refractivity contribution in [3.8, 4) is 88.5 Å². The monoisotopic (exact) mass is 1120 g/mol. The lowest BCUT2D eigenvalue weighted by Crippen LogP contribution is -2.15. The van der Waals surface area contributed by atoms with Crippen LogP contribution in [0, 0.1) is 0 Å². The van der Waals surface area contributed by atoms with Gasteiger partial charge in [-0.25, -0.2) is 39.9 Å². The van der Waals surface area contributed by atoms with E-state index in [1.807, 2.05) is 119 Å². The average molecular weight is 1120 g/mol. The Labute approximate surface area is 465 Å². The van der Waals surface area contributed by atoms with Gasteiger partial charge in [0, 0.05) is 33.9 Å². The maximum Gasteiger partial charge on any atom is 0.147 e. The highest BCUT2D eigenvalue weighted by Gasteiger charge is 2.22. The number of nitrogens with zero attached hydrogens (tertiary/aromatic N) is 10. The number of fused-ring (bicyclic) bond motifs is 3. The van der Waals surface area contributed by atoms with Crippen LogP contribution in [0.3, 0.4) is 0 Å². The van der Waals surface area contributed by atoms with Gasteiger partial charge in [0.15, 0.2) is 0 Å². The minimum Gasteiger partial charge on any atom is -0.489 e. The molecule has 0 amide bonds. The largest absolute Gasteiger partial charge is 0.489 e. The average Bonchev–Trinajstić information content (AvgIpc) is 4.40. The Morgan fingerprint density at radius 2 is 0.654 bits per heavy atom. The van der Waals surface area contributed by atoms with Gasteiger partial charge in [-0.1, -0.05) is 24.3 Å². The minimum atomic E-state index is 0.252. The van der Waals surface area contributed by atoms with Crippen molar-refractivity contribution in [2.24, 2.45) is 0 Å². The van der Waals surface area contributed by atoms with E-state index in [-0.39, 0.29) is 26.4 Å². The zero-order valence-electron chi connectivity index (χ0n) is 42.0. The number of pyridine rings is 6. The number of ether oxygens (including phenoxy) is 8. The fourth-order valence-electron chi connectivity index (χ4n) is 7.79. The first-order valence-corrected chi connectivity index (χ1v) is 28.5. The first-order valence-electron chi connectivity index (χ1n) is 25.0. The van der Waals surface area contributed by atoms with Crippen molar-refractivity contribution in [2.45, 2.75) is 26.4 Å². The third-order valence-corrected chi connectivity index (χ3v) is 15.1. The van der Waals surface area contributed by atoms with E-state index >= 15 is 0 Å². The summed E-state index contributed by atoms with van der Waals surface area (Å²) in [4.78, 5) is 48.4. The van der Waals surface area contributed by atoms with Crippen LogP contribution in [-0.4, -0.2) is 116 Å². The SMILES string of the molecule is c1ccc(-c2cccc(-c3nc(COCc4csc(-c5ccc6c(n5)-c5nc(-c7nc(COCc8csc(-c9cccc(-c%10ccccn%10)n9)n8)cs7)ccc5OCCOCCOCCOCCOCCO6)n4)cs3)n2)nc1. The fraction of sp³-hybridized carbons (Fsp3) is 0.250. The molecule has 0 saturated heterocycles. The van der Waals surface area contributed by atoms with E-state index in [0.29, 0.717) is 110 Å². The van der Waals surface area contributed by atoms with E-state index in [4.69, 9.17) is 77.8 Å². The molecule has 11 rings (SSSR count). The maximum absolute atomic E-state index is 6.40. The number of rotatable bonds is 14. The number of hydrogen-bond donors (Lipinski definition) is 0. The van der Waals surface area contributed by atoms with Crippen molar-refractivity contribution in [1.82, 2.24) is 49.8 Å². The molecule has 0 radical (unpaired) electrons. The molecule has 11 heterocycles. The molecule has 0 saturated carbocycles. The smallest absolute Gasteiger partial charge is 0.147 e. The Morgan fingerprint density at radius 3 is 1.01 bits per heavy atom. The summed E-state index contributed by atoms with van der Waals surface area (Å²) in [5, 5.41) is 10.9. The lowest BCUT2D eigenvalue weighted by atomic mass is 10.1. The van der Waals surface area contributed by atoms with E-state index in [9.17, 15) is 0 Å². The minimum absolute atomic E-state index is 0.252. The van der Waals surface area contributed by atoms with Gasteiger partial charge in [0.25, 0.3) is 0 Å². The third-order valence-electron chi connectivity index (χ3n) is 11.5. The van der Waals surface area contributed by atoms with E-state index in [0.717, 1.165) is 67.0 Å². The zero-order valence-corrected chi connectivity index (χ0v) is 45.2. The van der Waals surface area contributed by atoms with Crippen molar-refractivity contribution < 1.29 is 37.9 Å². The first-order chi connectivity index (χ1) is 38.6. The van der Waals surface area contributed by atoms with Crippen LogP contribution in [0.4, 0.5) is 0 Å². The van der Waals surface area contributed by atoms with Gasteiger partial charge in [-0.05, 0) is 72.8 Å². The molecule has 396 valence electrons. The van der Waals surface area contributed by atoms with Crippen LogP contribution >= 0.6 is 45.3 Å². The molecule has 0 atom stereocenters. The second kappa shape index (κ2) is 26.9. The van der Waals surface area contributed by atoms with Crippen LogP contribution in [0.2, 0.25) is 0 Å². The van der Waals surface area contributed by atoms with Crippen LogP contribution in [0.5, 0.6) is 11.5 Å². The van der Waals surface area contributed by atoms with Gasteiger partial charge in [-0.15, -0.1) is 45.3 Å². The predicted octanol–water partition coefficient (Wildman–Crippen LogP) is 10.8. The normalized spacial score (nSPS) is 13.9. The molecule has 0 aliphatic carbocycles. The van der Waals surface area contributed by atoms with Gasteiger partial charge >= 0.3 is 0 Å². The first kappa shape index (κ1) is 52.8. The molecule has 0 bridgehead atoms. The molecule has 0 fully saturated rings. The Balaban J connectivity index is 0.792. The van der Waals surface area contributed by atoms with Crippen molar-refractivity contribution >= 4 is 45.3 Å². The molecule has 78 heavy (non-hydrogen) atoms. The van der Waals surface area contributed by atoms with Crippen molar-refractivity contribution in [3.63, 3.8) is 0 Å². The maximum atomic E-state index is 6.40. The van der Waals surface area contributed by atoms with Crippen molar-refractivity contribution in [2.75, 3.05) is 66.1 Å². The van der Waals surface area contributed by atoms with Gasteiger partial charge in [0.05, 0.1) is 148 Å². The Hall–Kier alpha value is -7.22. The van der Waals surface area contributed by atoms with Crippen molar-refractivity contribution in [1.29, 1.82) is 0 Å². The van der Waals surface area contributed by atoms with Gasteiger partial charge in [-0.2, -0.15) is 0 Å². The Kier molecular flexibility index (Phi) is 18.2. The molecule has 1 aliphatic heterocycles.